The van der Waals surface area contributed by atoms with Crippen molar-refractivity contribution >= 4 is 28.4 Å². The van der Waals surface area contributed by atoms with Crippen molar-refractivity contribution in [2.75, 3.05) is 12.3 Å². The van der Waals surface area contributed by atoms with E-state index in [4.69, 9.17) is 15.5 Å². The summed E-state index contributed by atoms with van der Waals surface area (Å²) in [5, 5.41) is 0. The van der Waals surface area contributed by atoms with E-state index in [0.29, 0.717) is 18.2 Å². The predicted octanol–water partition coefficient (Wildman–Crippen LogP) is 4.03. The summed E-state index contributed by atoms with van der Waals surface area (Å²) in [6.07, 6.45) is 0. The molecule has 21 heavy (non-hydrogen) atoms. The van der Waals surface area contributed by atoms with Crippen molar-refractivity contribution in [1.29, 1.82) is 0 Å². The first-order chi connectivity index (χ1) is 9.82. The zero-order chi connectivity index (χ0) is 15.6. The van der Waals surface area contributed by atoms with Gasteiger partial charge in [0.05, 0.1) is 15.9 Å². The van der Waals surface area contributed by atoms with Crippen LogP contribution in [0.4, 0.5) is 5.82 Å². The van der Waals surface area contributed by atoms with Gasteiger partial charge in [0.2, 0.25) is 0 Å². The molecule has 0 spiro atoms. The molecule has 0 bridgehead atoms. The Morgan fingerprint density at radius 2 is 1.76 bits per heavy atom. The summed E-state index contributed by atoms with van der Waals surface area (Å²) < 4.78 is 6.38. The van der Waals surface area contributed by atoms with Crippen LogP contribution in [0.2, 0.25) is 0 Å². The van der Waals surface area contributed by atoms with Crippen LogP contribution in [0.1, 0.15) is 33.4 Å². The molecule has 2 N–H and O–H groups in total. The average Bonchev–Trinajstić information content (AvgIpc) is 2.41. The molecule has 0 radical (unpaired) electrons. The number of nitrogens with zero attached hydrogens (tertiary/aromatic N) is 2. The van der Waals surface area contributed by atoms with E-state index < -0.39 is 0 Å². The summed E-state index contributed by atoms with van der Waals surface area (Å²) in [5.74, 6) is 2.02. The molecule has 4 nitrogen and oxygen atoms in total. The fourth-order valence-corrected chi connectivity index (χ4v) is 3.01. The monoisotopic (exact) mass is 397 g/mol. The standard InChI is InChI=1S/C16H20IN3O/c1-5-21-11-8-6-10(7-9-11)15-19-13(16(2,3)4)12(17)14(18)20-15/h6-9H,5H2,1-4H3,(H2,18,19,20). The van der Waals surface area contributed by atoms with Gasteiger partial charge in [0.15, 0.2) is 5.82 Å². The molecule has 2 aromatic rings. The van der Waals surface area contributed by atoms with Crippen LogP contribution in [-0.2, 0) is 5.41 Å². The summed E-state index contributed by atoms with van der Waals surface area (Å²) in [4.78, 5) is 9.12. The second kappa shape index (κ2) is 6.17. The van der Waals surface area contributed by atoms with Crippen LogP contribution in [0, 0.1) is 3.57 Å². The molecular formula is C16H20IN3O. The number of ether oxygens (including phenoxy) is 1. The Kier molecular flexibility index (Phi) is 4.70. The minimum absolute atomic E-state index is 0.0758. The molecule has 0 saturated heterocycles. The number of benzene rings is 1. The molecule has 0 unspecified atom stereocenters. The van der Waals surface area contributed by atoms with Crippen LogP contribution in [0.15, 0.2) is 24.3 Å². The number of nitrogen functional groups attached to an aromatic ring is 1. The van der Waals surface area contributed by atoms with E-state index >= 15 is 0 Å². The van der Waals surface area contributed by atoms with E-state index in [-0.39, 0.29) is 5.41 Å². The Bertz CT molecular complexity index is 633. The molecule has 0 fully saturated rings. The smallest absolute Gasteiger partial charge is 0.161 e. The van der Waals surface area contributed by atoms with Crippen molar-refractivity contribution < 1.29 is 4.74 Å². The van der Waals surface area contributed by atoms with E-state index in [1.165, 1.54) is 0 Å². The van der Waals surface area contributed by atoms with Gasteiger partial charge in [-0.1, -0.05) is 20.8 Å². The first-order valence-electron chi connectivity index (χ1n) is 6.89. The lowest BCUT2D eigenvalue weighted by molar-refractivity contribution is 0.340. The Balaban J connectivity index is 2.47. The van der Waals surface area contributed by atoms with Crippen LogP contribution in [0.5, 0.6) is 5.75 Å². The number of rotatable bonds is 3. The Labute approximate surface area is 139 Å². The topological polar surface area (TPSA) is 61.0 Å². The molecule has 2 rings (SSSR count). The normalized spacial score (nSPS) is 11.5. The second-order valence-corrected chi connectivity index (χ2v) is 6.88. The van der Waals surface area contributed by atoms with Crippen molar-refractivity contribution in [2.45, 2.75) is 33.1 Å². The molecule has 1 aromatic carbocycles. The largest absolute Gasteiger partial charge is 0.494 e. The molecule has 112 valence electrons. The maximum absolute atomic E-state index is 6.05. The van der Waals surface area contributed by atoms with Crippen LogP contribution in [0.3, 0.4) is 0 Å². The third kappa shape index (κ3) is 3.64. The lowest BCUT2D eigenvalue weighted by Crippen LogP contribution is -2.18. The lowest BCUT2D eigenvalue weighted by Gasteiger charge is -2.21. The minimum Gasteiger partial charge on any atom is -0.494 e. The molecule has 1 aromatic heterocycles. The van der Waals surface area contributed by atoms with Crippen LogP contribution >= 0.6 is 22.6 Å². The maximum Gasteiger partial charge on any atom is 0.161 e. The average molecular weight is 397 g/mol. The van der Waals surface area contributed by atoms with E-state index in [0.717, 1.165) is 20.6 Å². The van der Waals surface area contributed by atoms with Gasteiger partial charge < -0.3 is 10.5 Å². The van der Waals surface area contributed by atoms with E-state index in [2.05, 4.69) is 48.3 Å². The van der Waals surface area contributed by atoms with Gasteiger partial charge in [0, 0.05) is 11.0 Å². The number of halogens is 1. The van der Waals surface area contributed by atoms with Gasteiger partial charge >= 0.3 is 0 Å². The number of aromatic nitrogens is 2. The Morgan fingerprint density at radius 3 is 2.29 bits per heavy atom. The van der Waals surface area contributed by atoms with E-state index in [1.807, 2.05) is 31.2 Å². The van der Waals surface area contributed by atoms with Crippen molar-refractivity contribution in [3.63, 3.8) is 0 Å². The molecule has 0 aliphatic rings. The molecular weight excluding hydrogens is 377 g/mol. The highest BCUT2D eigenvalue weighted by Gasteiger charge is 2.22. The van der Waals surface area contributed by atoms with Crippen LogP contribution in [-0.4, -0.2) is 16.6 Å². The SMILES string of the molecule is CCOc1ccc(-c2nc(N)c(I)c(C(C)(C)C)n2)cc1. The molecule has 1 heterocycles. The number of nitrogens with two attached hydrogens (primary N) is 1. The number of hydrogen-bond acceptors (Lipinski definition) is 4. The highest BCUT2D eigenvalue weighted by atomic mass is 127. The molecule has 5 heteroatoms. The summed E-state index contributed by atoms with van der Waals surface area (Å²) in [6, 6.07) is 7.76. The first kappa shape index (κ1) is 16.0. The van der Waals surface area contributed by atoms with Crippen molar-refractivity contribution in [2.24, 2.45) is 0 Å². The van der Waals surface area contributed by atoms with Crippen molar-refractivity contribution in [3.8, 4) is 17.1 Å². The summed E-state index contributed by atoms with van der Waals surface area (Å²) in [6.45, 7) is 8.99. The highest BCUT2D eigenvalue weighted by molar-refractivity contribution is 14.1. The fourth-order valence-electron chi connectivity index (χ4n) is 1.96. The lowest BCUT2D eigenvalue weighted by atomic mass is 9.92. The van der Waals surface area contributed by atoms with Crippen molar-refractivity contribution in [1.82, 2.24) is 9.97 Å². The molecule has 0 aliphatic heterocycles. The van der Waals surface area contributed by atoms with Crippen LogP contribution in [0.25, 0.3) is 11.4 Å². The molecule has 0 atom stereocenters. The Hall–Kier alpha value is -1.37. The summed E-state index contributed by atoms with van der Waals surface area (Å²) >= 11 is 2.21. The van der Waals surface area contributed by atoms with Gasteiger partial charge in [-0.15, -0.1) is 0 Å². The fraction of sp³-hybridized carbons (Fsp3) is 0.375. The van der Waals surface area contributed by atoms with E-state index in [1.54, 1.807) is 0 Å². The van der Waals surface area contributed by atoms with Gasteiger partial charge in [-0.3, -0.25) is 0 Å². The summed E-state index contributed by atoms with van der Waals surface area (Å²) in [7, 11) is 0. The number of hydrogen-bond donors (Lipinski definition) is 1. The third-order valence-corrected chi connectivity index (χ3v) is 4.07. The zero-order valence-electron chi connectivity index (χ0n) is 12.8. The first-order valence-corrected chi connectivity index (χ1v) is 7.97. The highest BCUT2D eigenvalue weighted by Crippen LogP contribution is 2.30. The van der Waals surface area contributed by atoms with Gasteiger partial charge in [0.1, 0.15) is 11.6 Å². The van der Waals surface area contributed by atoms with E-state index in [9.17, 15) is 0 Å². The summed E-state index contributed by atoms with van der Waals surface area (Å²) in [5.41, 5.74) is 7.88. The van der Waals surface area contributed by atoms with Gasteiger partial charge in [0.25, 0.3) is 0 Å². The predicted molar refractivity (Wildman–Crippen MR) is 94.5 cm³/mol. The maximum atomic E-state index is 6.05. The van der Waals surface area contributed by atoms with Crippen molar-refractivity contribution in [3.05, 3.63) is 33.5 Å². The third-order valence-electron chi connectivity index (χ3n) is 3.01. The van der Waals surface area contributed by atoms with Gasteiger partial charge in [-0.2, -0.15) is 0 Å². The molecule has 0 saturated carbocycles. The quantitative estimate of drug-likeness (QED) is 0.795. The second-order valence-electron chi connectivity index (χ2n) is 5.80. The zero-order valence-corrected chi connectivity index (χ0v) is 14.9. The van der Waals surface area contributed by atoms with Gasteiger partial charge in [-0.25, -0.2) is 9.97 Å². The van der Waals surface area contributed by atoms with Gasteiger partial charge in [-0.05, 0) is 53.8 Å². The Morgan fingerprint density at radius 1 is 1.14 bits per heavy atom. The minimum atomic E-state index is -0.0758. The number of anilines is 1. The van der Waals surface area contributed by atoms with Crippen LogP contribution < -0.4 is 10.5 Å². The molecule has 0 amide bonds. The molecule has 0 aliphatic carbocycles.